The Labute approximate surface area is 156 Å². The molecule has 0 fully saturated rings. The van der Waals surface area contributed by atoms with Crippen LogP contribution in [0.25, 0.3) is 5.65 Å². The van der Waals surface area contributed by atoms with Gasteiger partial charge < -0.3 is 9.14 Å². The molecule has 0 bridgehead atoms. The van der Waals surface area contributed by atoms with Crippen molar-refractivity contribution < 1.29 is 13.2 Å². The zero-order valence-corrected chi connectivity index (χ0v) is 15.9. The van der Waals surface area contributed by atoms with Gasteiger partial charge in [0.2, 0.25) is 10.0 Å². The molecule has 2 aromatic heterocycles. The van der Waals surface area contributed by atoms with E-state index in [9.17, 15) is 8.42 Å². The average molecular weight is 392 g/mol. The molecule has 0 spiro atoms. The Balaban J connectivity index is 1.58. The lowest BCUT2D eigenvalue weighted by Crippen LogP contribution is -2.23. The average Bonchev–Trinajstić information content (AvgIpc) is 3.17. The molecule has 1 aliphatic rings. The fourth-order valence-corrected chi connectivity index (χ4v) is 4.57. The molecule has 3 aromatic rings. The molecular weight excluding hydrogens is 374 g/mol. The van der Waals surface area contributed by atoms with Crippen molar-refractivity contribution in [3.63, 3.8) is 0 Å². The lowest BCUT2D eigenvalue weighted by atomic mass is 10.1. The van der Waals surface area contributed by atoms with Gasteiger partial charge in [0, 0.05) is 23.9 Å². The number of rotatable bonds is 4. The number of imidazole rings is 1. The van der Waals surface area contributed by atoms with Crippen LogP contribution in [0.1, 0.15) is 23.9 Å². The molecule has 1 aromatic carbocycles. The number of fused-ring (bicyclic) bond motifs is 2. The Morgan fingerprint density at radius 2 is 2.19 bits per heavy atom. The van der Waals surface area contributed by atoms with Gasteiger partial charge >= 0.3 is 0 Å². The standard InChI is InChI=1S/C18H18ClN3O3S/c1-11-4-3-5-17-21-14(10-22(11)17)9-20-26(23,24)15-7-13-6-12(2)25-18(13)16(19)8-15/h3-5,7-8,10,12,20H,6,9H2,1-2H3/t12-/m1/s1. The highest BCUT2D eigenvalue weighted by molar-refractivity contribution is 7.89. The predicted octanol–water partition coefficient (Wildman–Crippen LogP) is 3.10. The van der Waals surface area contributed by atoms with E-state index in [1.807, 2.05) is 42.6 Å². The van der Waals surface area contributed by atoms with Gasteiger partial charge in [0.1, 0.15) is 17.5 Å². The van der Waals surface area contributed by atoms with Crippen molar-refractivity contribution >= 4 is 27.3 Å². The molecule has 136 valence electrons. The highest BCUT2D eigenvalue weighted by Gasteiger charge is 2.26. The molecule has 4 rings (SSSR count). The van der Waals surface area contributed by atoms with Gasteiger partial charge in [-0.3, -0.25) is 0 Å². The van der Waals surface area contributed by atoms with Gasteiger partial charge in [-0.2, -0.15) is 0 Å². The summed E-state index contributed by atoms with van der Waals surface area (Å²) in [4.78, 5) is 4.58. The van der Waals surface area contributed by atoms with Crippen LogP contribution >= 0.6 is 11.6 Å². The molecule has 1 N–H and O–H groups in total. The quantitative estimate of drug-likeness (QED) is 0.741. The van der Waals surface area contributed by atoms with E-state index >= 15 is 0 Å². The topological polar surface area (TPSA) is 72.7 Å². The molecule has 0 amide bonds. The summed E-state index contributed by atoms with van der Waals surface area (Å²) in [5.41, 5.74) is 3.27. The van der Waals surface area contributed by atoms with E-state index in [0.717, 1.165) is 16.9 Å². The Hall–Kier alpha value is -2.09. The second-order valence-corrected chi connectivity index (χ2v) is 8.65. The maximum absolute atomic E-state index is 12.7. The molecule has 0 saturated heterocycles. The molecule has 6 nitrogen and oxygen atoms in total. The van der Waals surface area contributed by atoms with E-state index in [0.29, 0.717) is 22.9 Å². The van der Waals surface area contributed by atoms with Crippen molar-refractivity contribution in [2.45, 2.75) is 37.8 Å². The second kappa shape index (κ2) is 6.26. The first-order chi connectivity index (χ1) is 12.3. The van der Waals surface area contributed by atoms with Crippen LogP contribution in [0.3, 0.4) is 0 Å². The minimum absolute atomic E-state index is 0.00498. The van der Waals surface area contributed by atoms with Crippen molar-refractivity contribution in [1.82, 2.24) is 14.1 Å². The van der Waals surface area contributed by atoms with Crippen molar-refractivity contribution in [2.24, 2.45) is 0 Å². The third kappa shape index (κ3) is 3.06. The van der Waals surface area contributed by atoms with Crippen LogP contribution in [0, 0.1) is 6.92 Å². The number of benzene rings is 1. The number of sulfonamides is 1. The predicted molar refractivity (Wildman–Crippen MR) is 99.2 cm³/mol. The molecule has 0 radical (unpaired) electrons. The van der Waals surface area contributed by atoms with Gasteiger partial charge in [0.25, 0.3) is 0 Å². The summed E-state index contributed by atoms with van der Waals surface area (Å²) in [6.45, 7) is 4.00. The van der Waals surface area contributed by atoms with E-state index in [-0.39, 0.29) is 17.5 Å². The number of nitrogens with one attached hydrogen (secondary N) is 1. The number of nitrogens with zero attached hydrogens (tertiary/aromatic N) is 2. The van der Waals surface area contributed by atoms with Crippen LogP contribution < -0.4 is 9.46 Å². The first kappa shape index (κ1) is 17.3. The Kier molecular flexibility index (Phi) is 4.17. The van der Waals surface area contributed by atoms with E-state index in [1.54, 1.807) is 6.07 Å². The smallest absolute Gasteiger partial charge is 0.240 e. The molecule has 1 aliphatic heterocycles. The minimum Gasteiger partial charge on any atom is -0.489 e. The molecule has 26 heavy (non-hydrogen) atoms. The SMILES string of the molecule is Cc1cccc2nc(CNS(=O)(=O)c3cc(Cl)c4c(c3)C[C@@H](C)O4)cn12. The number of ether oxygens (including phenoxy) is 1. The lowest BCUT2D eigenvalue weighted by molar-refractivity contribution is 0.255. The van der Waals surface area contributed by atoms with E-state index in [2.05, 4.69) is 9.71 Å². The summed E-state index contributed by atoms with van der Waals surface area (Å²) < 4.78 is 35.5. The summed E-state index contributed by atoms with van der Waals surface area (Å²) in [5.74, 6) is 0.578. The van der Waals surface area contributed by atoms with Crippen LogP contribution in [0.2, 0.25) is 5.02 Å². The van der Waals surface area contributed by atoms with Gasteiger partial charge in [-0.1, -0.05) is 17.7 Å². The highest BCUT2D eigenvalue weighted by atomic mass is 35.5. The van der Waals surface area contributed by atoms with Gasteiger partial charge in [0.05, 0.1) is 22.2 Å². The zero-order chi connectivity index (χ0) is 18.5. The number of halogens is 1. The maximum atomic E-state index is 12.7. The third-order valence-electron chi connectivity index (χ3n) is 4.42. The van der Waals surface area contributed by atoms with Crippen molar-refractivity contribution in [2.75, 3.05) is 0 Å². The van der Waals surface area contributed by atoms with E-state index in [1.165, 1.54) is 6.07 Å². The van der Waals surface area contributed by atoms with Gasteiger partial charge in [-0.25, -0.2) is 18.1 Å². The van der Waals surface area contributed by atoms with E-state index in [4.69, 9.17) is 16.3 Å². The molecule has 8 heteroatoms. The van der Waals surface area contributed by atoms with Crippen molar-refractivity contribution in [3.8, 4) is 5.75 Å². The fourth-order valence-electron chi connectivity index (χ4n) is 3.15. The summed E-state index contributed by atoms with van der Waals surface area (Å²) in [6, 6.07) is 8.82. The number of hydrogen-bond donors (Lipinski definition) is 1. The number of aromatic nitrogens is 2. The number of hydrogen-bond acceptors (Lipinski definition) is 4. The normalized spacial score (nSPS) is 16.7. The first-order valence-electron chi connectivity index (χ1n) is 8.26. The van der Waals surface area contributed by atoms with Crippen LogP contribution in [0.15, 0.2) is 41.4 Å². The molecular formula is C18H18ClN3O3S. The van der Waals surface area contributed by atoms with Crippen LogP contribution in [-0.4, -0.2) is 23.9 Å². The molecule has 0 aliphatic carbocycles. The van der Waals surface area contributed by atoms with Crippen molar-refractivity contribution in [1.29, 1.82) is 0 Å². The van der Waals surface area contributed by atoms with Gasteiger partial charge in [0.15, 0.2) is 0 Å². The minimum atomic E-state index is -3.71. The monoisotopic (exact) mass is 391 g/mol. The fraction of sp³-hybridized carbons (Fsp3) is 0.278. The van der Waals surface area contributed by atoms with Gasteiger partial charge in [-0.15, -0.1) is 0 Å². The maximum Gasteiger partial charge on any atom is 0.240 e. The molecule has 1 atom stereocenters. The molecule has 3 heterocycles. The zero-order valence-electron chi connectivity index (χ0n) is 14.4. The Bertz CT molecular complexity index is 1110. The Morgan fingerprint density at radius 1 is 1.38 bits per heavy atom. The third-order valence-corrected chi connectivity index (χ3v) is 6.08. The van der Waals surface area contributed by atoms with Crippen molar-refractivity contribution in [3.05, 3.63) is 58.5 Å². The van der Waals surface area contributed by atoms with Crippen LogP contribution in [-0.2, 0) is 23.0 Å². The summed E-state index contributed by atoms with van der Waals surface area (Å²) in [5, 5.41) is 0.315. The van der Waals surface area contributed by atoms with Crippen LogP contribution in [0.4, 0.5) is 0 Å². The summed E-state index contributed by atoms with van der Waals surface area (Å²) in [6.07, 6.45) is 2.47. The van der Waals surface area contributed by atoms with Crippen LogP contribution in [0.5, 0.6) is 5.75 Å². The first-order valence-corrected chi connectivity index (χ1v) is 10.1. The number of pyridine rings is 1. The highest BCUT2D eigenvalue weighted by Crippen LogP contribution is 2.37. The number of aryl methyl sites for hydroxylation is 1. The Morgan fingerprint density at radius 3 is 2.96 bits per heavy atom. The molecule has 0 saturated carbocycles. The largest absolute Gasteiger partial charge is 0.489 e. The summed E-state index contributed by atoms with van der Waals surface area (Å²) >= 11 is 6.20. The van der Waals surface area contributed by atoms with E-state index < -0.39 is 10.0 Å². The second-order valence-electron chi connectivity index (χ2n) is 6.48. The lowest BCUT2D eigenvalue weighted by Gasteiger charge is -2.09. The van der Waals surface area contributed by atoms with Gasteiger partial charge in [-0.05, 0) is 38.1 Å². The summed E-state index contributed by atoms with van der Waals surface area (Å²) in [7, 11) is -3.71. The molecule has 0 unspecified atom stereocenters.